The lowest BCUT2D eigenvalue weighted by atomic mass is 10.2. The first-order valence-electron chi connectivity index (χ1n) is 10.3. The summed E-state index contributed by atoms with van der Waals surface area (Å²) in [4.78, 5) is 12.0. The molecule has 0 saturated carbocycles. The Morgan fingerprint density at radius 3 is 2.20 bits per heavy atom. The maximum Gasteiger partial charge on any atom is 0.319 e. The highest BCUT2D eigenvalue weighted by atomic mass is 16.5. The number of hydrogen-bond donors (Lipinski definition) is 4. The van der Waals surface area contributed by atoms with Crippen LogP contribution in [0.1, 0.15) is 31.9 Å². The second-order valence-electron chi connectivity index (χ2n) is 6.39. The molecule has 4 N–H and O–H groups in total. The minimum Gasteiger partial charge on any atom is -0.497 e. The molecule has 0 aliphatic carbocycles. The number of aliphatic hydroxyl groups excluding tert-OH is 1. The normalized spacial score (nSPS) is 11.1. The van der Waals surface area contributed by atoms with Crippen molar-refractivity contribution < 1.29 is 19.4 Å². The van der Waals surface area contributed by atoms with Crippen molar-refractivity contribution in [1.82, 2.24) is 10.6 Å². The van der Waals surface area contributed by atoms with Gasteiger partial charge in [-0.3, -0.25) is 0 Å². The third-order valence-electron chi connectivity index (χ3n) is 4.09. The molecular weight excluding hydrogens is 382 g/mol. The van der Waals surface area contributed by atoms with E-state index in [1.54, 1.807) is 7.11 Å². The summed E-state index contributed by atoms with van der Waals surface area (Å²) in [5.74, 6) is 0.787. The molecule has 2 aromatic carbocycles. The van der Waals surface area contributed by atoms with Crippen molar-refractivity contribution in [3.8, 4) is 5.75 Å². The van der Waals surface area contributed by atoms with Gasteiger partial charge < -0.3 is 30.5 Å². The standard InChI is InChI=1S/C21H29N3O4.C2H6/c1-16(15-25)28-12-11-22-13-17-3-7-19(8-4-17)24-21(26)23-14-18-5-9-20(27-2)10-6-18;1-2/h3-10,16,22,25H,11-15H2,1-2H3,(H2,23,24,26);1-2H3. The van der Waals surface area contributed by atoms with Crippen molar-refractivity contribution in [3.05, 3.63) is 59.7 Å². The van der Waals surface area contributed by atoms with Gasteiger partial charge in [-0.1, -0.05) is 38.1 Å². The van der Waals surface area contributed by atoms with Gasteiger partial charge in [0, 0.05) is 25.3 Å². The van der Waals surface area contributed by atoms with E-state index in [-0.39, 0.29) is 18.7 Å². The molecule has 0 heterocycles. The summed E-state index contributed by atoms with van der Waals surface area (Å²) in [7, 11) is 1.62. The maximum absolute atomic E-state index is 12.0. The summed E-state index contributed by atoms with van der Waals surface area (Å²) in [6, 6.07) is 15.0. The number of benzene rings is 2. The number of urea groups is 1. The number of aliphatic hydroxyl groups is 1. The van der Waals surface area contributed by atoms with Crippen LogP contribution in [0.3, 0.4) is 0 Å². The van der Waals surface area contributed by atoms with E-state index in [0.717, 1.165) is 22.6 Å². The number of ether oxygens (including phenoxy) is 2. The zero-order chi connectivity index (χ0) is 22.2. The van der Waals surface area contributed by atoms with Crippen LogP contribution >= 0.6 is 0 Å². The molecule has 0 bridgehead atoms. The Bertz CT molecular complexity index is 705. The van der Waals surface area contributed by atoms with E-state index < -0.39 is 0 Å². The minimum absolute atomic E-state index is 0.0299. The molecule has 0 spiro atoms. The van der Waals surface area contributed by atoms with Gasteiger partial charge in [0.15, 0.2) is 0 Å². The van der Waals surface area contributed by atoms with E-state index in [1.807, 2.05) is 69.3 Å². The molecule has 166 valence electrons. The Morgan fingerprint density at radius 2 is 1.60 bits per heavy atom. The summed E-state index contributed by atoms with van der Waals surface area (Å²) in [6.07, 6.45) is -0.136. The molecule has 30 heavy (non-hydrogen) atoms. The third kappa shape index (κ3) is 10.2. The van der Waals surface area contributed by atoms with Crippen LogP contribution in [-0.2, 0) is 17.8 Å². The molecule has 2 aromatic rings. The molecule has 0 saturated heterocycles. The Balaban J connectivity index is 0.00000218. The predicted molar refractivity (Wildman–Crippen MR) is 121 cm³/mol. The number of rotatable bonds is 11. The Hall–Kier alpha value is -2.61. The van der Waals surface area contributed by atoms with Crippen molar-refractivity contribution in [2.75, 3.05) is 32.2 Å². The van der Waals surface area contributed by atoms with Crippen molar-refractivity contribution in [1.29, 1.82) is 0 Å². The molecule has 2 rings (SSSR count). The monoisotopic (exact) mass is 417 g/mol. The molecule has 2 amide bonds. The Kier molecular flexibility index (Phi) is 12.9. The van der Waals surface area contributed by atoms with E-state index in [4.69, 9.17) is 14.6 Å². The summed E-state index contributed by atoms with van der Waals surface area (Å²) in [5.41, 5.74) is 2.84. The number of carbonyl (C=O) groups is 1. The van der Waals surface area contributed by atoms with Crippen LogP contribution in [-0.4, -0.2) is 44.1 Å². The number of amides is 2. The summed E-state index contributed by atoms with van der Waals surface area (Å²) in [6.45, 7) is 8.27. The topological polar surface area (TPSA) is 91.9 Å². The Morgan fingerprint density at radius 1 is 1.00 bits per heavy atom. The summed E-state index contributed by atoms with van der Waals surface area (Å²) < 4.78 is 10.5. The number of hydrogen-bond acceptors (Lipinski definition) is 5. The SMILES string of the molecule is CC.COc1ccc(CNC(=O)Nc2ccc(CNCCOC(C)CO)cc2)cc1. The van der Waals surface area contributed by atoms with Crippen molar-refractivity contribution >= 4 is 11.7 Å². The first-order valence-corrected chi connectivity index (χ1v) is 10.3. The fraction of sp³-hybridized carbons (Fsp3) is 0.435. The van der Waals surface area contributed by atoms with Gasteiger partial charge in [0.2, 0.25) is 0 Å². The Labute approximate surface area is 179 Å². The van der Waals surface area contributed by atoms with Gasteiger partial charge in [0.25, 0.3) is 0 Å². The average molecular weight is 418 g/mol. The lowest BCUT2D eigenvalue weighted by Crippen LogP contribution is -2.28. The predicted octanol–water partition coefficient (Wildman–Crippen LogP) is 3.53. The van der Waals surface area contributed by atoms with E-state index in [9.17, 15) is 4.79 Å². The summed E-state index contributed by atoms with van der Waals surface area (Å²) >= 11 is 0. The smallest absolute Gasteiger partial charge is 0.319 e. The van der Waals surface area contributed by atoms with Crippen LogP contribution in [0.25, 0.3) is 0 Å². The molecule has 7 nitrogen and oxygen atoms in total. The van der Waals surface area contributed by atoms with Crippen molar-refractivity contribution in [2.45, 2.75) is 40.0 Å². The highest BCUT2D eigenvalue weighted by Crippen LogP contribution is 2.12. The van der Waals surface area contributed by atoms with Gasteiger partial charge >= 0.3 is 6.03 Å². The van der Waals surface area contributed by atoms with Gasteiger partial charge in [0.05, 0.1) is 26.4 Å². The van der Waals surface area contributed by atoms with E-state index >= 15 is 0 Å². The van der Waals surface area contributed by atoms with Crippen LogP contribution in [0.15, 0.2) is 48.5 Å². The van der Waals surface area contributed by atoms with Gasteiger partial charge in [-0.25, -0.2) is 4.79 Å². The molecule has 1 unspecified atom stereocenters. The van der Waals surface area contributed by atoms with Gasteiger partial charge in [-0.2, -0.15) is 0 Å². The molecule has 0 fully saturated rings. The maximum atomic E-state index is 12.0. The highest BCUT2D eigenvalue weighted by molar-refractivity contribution is 5.89. The molecule has 1 atom stereocenters. The fourth-order valence-corrected chi connectivity index (χ4v) is 2.42. The lowest BCUT2D eigenvalue weighted by molar-refractivity contribution is 0.0266. The zero-order valence-electron chi connectivity index (χ0n) is 18.4. The number of anilines is 1. The van der Waals surface area contributed by atoms with Crippen LogP contribution in [0, 0.1) is 0 Å². The van der Waals surface area contributed by atoms with Crippen LogP contribution in [0.2, 0.25) is 0 Å². The highest BCUT2D eigenvalue weighted by Gasteiger charge is 2.03. The second kappa shape index (κ2) is 15.3. The minimum atomic E-state index is -0.253. The van der Waals surface area contributed by atoms with Crippen LogP contribution < -0.4 is 20.7 Å². The average Bonchev–Trinajstić information content (AvgIpc) is 2.80. The molecule has 0 aromatic heterocycles. The molecule has 0 aliphatic heterocycles. The summed E-state index contributed by atoms with van der Waals surface area (Å²) in [5, 5.41) is 17.8. The number of nitrogens with one attached hydrogen (secondary N) is 3. The van der Waals surface area contributed by atoms with Crippen LogP contribution in [0.5, 0.6) is 5.75 Å². The van der Waals surface area contributed by atoms with Crippen molar-refractivity contribution in [2.24, 2.45) is 0 Å². The van der Waals surface area contributed by atoms with E-state index in [2.05, 4.69) is 16.0 Å². The largest absolute Gasteiger partial charge is 0.497 e. The number of carbonyl (C=O) groups excluding carboxylic acids is 1. The van der Waals surface area contributed by atoms with Gasteiger partial charge in [0.1, 0.15) is 5.75 Å². The zero-order valence-corrected chi connectivity index (χ0v) is 18.4. The third-order valence-corrected chi connectivity index (χ3v) is 4.09. The first-order chi connectivity index (χ1) is 14.6. The molecule has 0 aliphatic rings. The molecule has 0 radical (unpaired) electrons. The fourth-order valence-electron chi connectivity index (χ4n) is 2.42. The lowest BCUT2D eigenvalue weighted by Gasteiger charge is -2.11. The van der Waals surface area contributed by atoms with E-state index in [0.29, 0.717) is 26.2 Å². The van der Waals surface area contributed by atoms with E-state index in [1.165, 1.54) is 0 Å². The molecule has 7 heteroatoms. The quantitative estimate of drug-likeness (QED) is 0.420. The van der Waals surface area contributed by atoms with Crippen molar-refractivity contribution in [3.63, 3.8) is 0 Å². The van der Waals surface area contributed by atoms with Crippen LogP contribution in [0.4, 0.5) is 10.5 Å². The second-order valence-corrected chi connectivity index (χ2v) is 6.39. The molecular formula is C23H35N3O4. The van der Waals surface area contributed by atoms with Gasteiger partial charge in [-0.05, 0) is 42.3 Å². The first kappa shape index (κ1) is 25.4. The van der Waals surface area contributed by atoms with Gasteiger partial charge in [-0.15, -0.1) is 0 Å². The number of methoxy groups -OCH3 is 1.